The molecule has 0 N–H and O–H groups in total. The van der Waals surface area contributed by atoms with Crippen LogP contribution < -0.4 is 0 Å². The van der Waals surface area contributed by atoms with E-state index in [1.165, 1.54) is 0 Å². The number of aryl methyl sites for hydroxylation is 1. The zero-order chi connectivity index (χ0) is 7.14. The Hall–Kier alpha value is -0.100. The smallest absolute Gasteiger partial charge is 0.238 e. The molecule has 0 radical (unpaired) electrons. The molecule has 10 heavy (non-hydrogen) atoms. The van der Waals surface area contributed by atoms with Gasteiger partial charge in [0.15, 0.2) is 3.77 Å². The molecule has 0 amide bonds. The van der Waals surface area contributed by atoms with Crippen LogP contribution in [0.1, 0.15) is 5.01 Å². The van der Waals surface area contributed by atoms with Crippen LogP contribution in [0.25, 0.3) is 10.4 Å². The lowest BCUT2D eigenvalue weighted by Gasteiger charge is -1.74. The maximum atomic E-state index is 5.27. The Morgan fingerprint density at radius 3 is 3.20 bits per heavy atom. The standard InChI is InChI=1S/C6H4INOS/c1-3-8-6-4(10-3)2-5(7)9-6/h2H,1H3. The Morgan fingerprint density at radius 1 is 1.70 bits per heavy atom. The maximum absolute atomic E-state index is 5.27. The van der Waals surface area contributed by atoms with Gasteiger partial charge in [0.05, 0.1) is 9.71 Å². The summed E-state index contributed by atoms with van der Waals surface area (Å²) >= 11 is 3.80. The molecule has 0 saturated carbocycles. The highest BCUT2D eigenvalue weighted by Crippen LogP contribution is 2.25. The highest BCUT2D eigenvalue weighted by Gasteiger charge is 2.04. The van der Waals surface area contributed by atoms with Crippen molar-refractivity contribution in [3.05, 3.63) is 14.8 Å². The van der Waals surface area contributed by atoms with Gasteiger partial charge in [-0.15, -0.1) is 11.3 Å². The highest BCUT2D eigenvalue weighted by molar-refractivity contribution is 14.1. The third-order valence-electron chi connectivity index (χ3n) is 1.17. The second kappa shape index (κ2) is 2.20. The van der Waals surface area contributed by atoms with E-state index in [0.29, 0.717) is 0 Å². The van der Waals surface area contributed by atoms with Gasteiger partial charge in [-0.1, -0.05) is 0 Å². The van der Waals surface area contributed by atoms with E-state index in [4.69, 9.17) is 4.42 Å². The van der Waals surface area contributed by atoms with Crippen LogP contribution in [0.15, 0.2) is 10.5 Å². The first-order chi connectivity index (χ1) is 4.75. The van der Waals surface area contributed by atoms with Gasteiger partial charge < -0.3 is 4.42 Å². The third kappa shape index (κ3) is 0.950. The molecule has 0 aromatic carbocycles. The number of halogens is 1. The Morgan fingerprint density at radius 2 is 2.50 bits per heavy atom. The average molecular weight is 265 g/mol. The Balaban J connectivity index is 2.83. The monoisotopic (exact) mass is 265 g/mol. The van der Waals surface area contributed by atoms with E-state index in [1.54, 1.807) is 11.3 Å². The van der Waals surface area contributed by atoms with Gasteiger partial charge in [-0.3, -0.25) is 0 Å². The number of rotatable bonds is 0. The Bertz CT molecular complexity index is 302. The molecule has 2 aromatic heterocycles. The van der Waals surface area contributed by atoms with Crippen molar-refractivity contribution < 1.29 is 4.42 Å². The SMILES string of the molecule is Cc1nc2oc(I)cc2s1. The molecule has 2 heterocycles. The molecule has 0 spiro atoms. The molecular formula is C6H4INOS. The number of nitrogens with zero attached hydrogens (tertiary/aromatic N) is 1. The quantitative estimate of drug-likeness (QED) is 0.684. The van der Waals surface area contributed by atoms with Crippen LogP contribution in [0.4, 0.5) is 0 Å². The lowest BCUT2D eigenvalue weighted by atomic mass is 10.6. The van der Waals surface area contributed by atoms with Crippen molar-refractivity contribution in [2.45, 2.75) is 6.92 Å². The summed E-state index contributed by atoms with van der Waals surface area (Å²) in [6.45, 7) is 1.98. The number of fused-ring (bicyclic) bond motifs is 1. The summed E-state index contributed by atoms with van der Waals surface area (Å²) in [5.74, 6) is 0. The molecule has 0 aliphatic carbocycles. The van der Waals surface area contributed by atoms with Crippen molar-refractivity contribution in [1.82, 2.24) is 4.98 Å². The van der Waals surface area contributed by atoms with Gasteiger partial charge in [0, 0.05) is 6.07 Å². The second-order valence-corrected chi connectivity index (χ2v) is 4.25. The van der Waals surface area contributed by atoms with Crippen molar-refractivity contribution >= 4 is 44.3 Å². The van der Waals surface area contributed by atoms with Crippen molar-refractivity contribution in [2.24, 2.45) is 0 Å². The third-order valence-corrected chi connectivity index (χ3v) is 2.60. The normalized spacial score (nSPS) is 11.0. The van der Waals surface area contributed by atoms with Crippen LogP contribution in [0.3, 0.4) is 0 Å². The van der Waals surface area contributed by atoms with Gasteiger partial charge >= 0.3 is 0 Å². The number of hydrogen-bond donors (Lipinski definition) is 0. The van der Waals surface area contributed by atoms with Crippen molar-refractivity contribution in [3.8, 4) is 0 Å². The minimum Gasteiger partial charge on any atom is -0.431 e. The van der Waals surface area contributed by atoms with Gasteiger partial charge in [0.25, 0.3) is 0 Å². The number of furan rings is 1. The topological polar surface area (TPSA) is 26.0 Å². The molecular weight excluding hydrogens is 261 g/mol. The fraction of sp³-hybridized carbons (Fsp3) is 0.167. The molecule has 0 saturated heterocycles. The van der Waals surface area contributed by atoms with E-state index in [-0.39, 0.29) is 0 Å². The fourth-order valence-corrected chi connectivity index (χ4v) is 2.33. The Labute approximate surface area is 75.4 Å². The van der Waals surface area contributed by atoms with Crippen LogP contribution in [-0.4, -0.2) is 4.98 Å². The van der Waals surface area contributed by atoms with E-state index in [0.717, 1.165) is 19.2 Å². The highest BCUT2D eigenvalue weighted by atomic mass is 127. The van der Waals surface area contributed by atoms with E-state index >= 15 is 0 Å². The summed E-state index contributed by atoms with van der Waals surface area (Å²) in [6.07, 6.45) is 0. The van der Waals surface area contributed by atoms with Crippen LogP contribution in [0, 0.1) is 10.7 Å². The molecule has 4 heteroatoms. The summed E-state index contributed by atoms with van der Waals surface area (Å²) in [6, 6.07) is 2.00. The van der Waals surface area contributed by atoms with Crippen LogP contribution >= 0.6 is 33.9 Å². The summed E-state index contributed by atoms with van der Waals surface area (Å²) in [4.78, 5) is 4.18. The van der Waals surface area contributed by atoms with Gasteiger partial charge in [0.2, 0.25) is 5.71 Å². The van der Waals surface area contributed by atoms with Crippen molar-refractivity contribution in [1.29, 1.82) is 0 Å². The molecule has 0 atom stereocenters. The fourth-order valence-electron chi connectivity index (χ4n) is 0.813. The van der Waals surface area contributed by atoms with Crippen molar-refractivity contribution in [2.75, 3.05) is 0 Å². The number of thiazole rings is 1. The summed E-state index contributed by atoms with van der Waals surface area (Å²) in [5.41, 5.74) is 0.770. The van der Waals surface area contributed by atoms with Crippen LogP contribution in [0.2, 0.25) is 0 Å². The molecule has 0 unspecified atom stereocenters. The lowest BCUT2D eigenvalue weighted by molar-refractivity contribution is 0.573. The molecule has 2 rings (SSSR count). The second-order valence-electron chi connectivity index (χ2n) is 1.95. The van der Waals surface area contributed by atoms with Gasteiger partial charge in [0.1, 0.15) is 0 Å². The first-order valence-corrected chi connectivity index (χ1v) is 4.68. The van der Waals surface area contributed by atoms with Crippen LogP contribution in [-0.2, 0) is 0 Å². The molecule has 0 aliphatic rings. The summed E-state index contributed by atoms with van der Waals surface area (Å²) in [7, 11) is 0. The first kappa shape index (κ1) is 6.60. The molecule has 0 bridgehead atoms. The average Bonchev–Trinajstić information content (AvgIpc) is 2.21. The number of hydrogen-bond acceptors (Lipinski definition) is 3. The predicted octanol–water partition coefficient (Wildman–Crippen LogP) is 2.80. The van der Waals surface area contributed by atoms with E-state index in [2.05, 4.69) is 27.6 Å². The summed E-state index contributed by atoms with van der Waals surface area (Å²) in [5, 5.41) is 1.06. The van der Waals surface area contributed by atoms with E-state index < -0.39 is 0 Å². The zero-order valence-corrected chi connectivity index (χ0v) is 8.19. The molecule has 52 valence electrons. The minimum absolute atomic E-state index is 0.770. The molecule has 0 aliphatic heterocycles. The minimum atomic E-state index is 0.770. The summed E-state index contributed by atoms with van der Waals surface area (Å²) < 4.78 is 7.32. The van der Waals surface area contributed by atoms with E-state index in [9.17, 15) is 0 Å². The van der Waals surface area contributed by atoms with E-state index in [1.807, 2.05) is 13.0 Å². The van der Waals surface area contributed by atoms with Gasteiger partial charge in [-0.25, -0.2) is 4.98 Å². The predicted molar refractivity (Wildman–Crippen MR) is 49.3 cm³/mol. The zero-order valence-electron chi connectivity index (χ0n) is 5.22. The van der Waals surface area contributed by atoms with Gasteiger partial charge in [-0.05, 0) is 29.5 Å². The van der Waals surface area contributed by atoms with Crippen LogP contribution in [0.5, 0.6) is 0 Å². The lowest BCUT2D eigenvalue weighted by Crippen LogP contribution is -1.62. The first-order valence-electron chi connectivity index (χ1n) is 2.78. The molecule has 0 fully saturated rings. The maximum Gasteiger partial charge on any atom is 0.238 e. The van der Waals surface area contributed by atoms with Crippen molar-refractivity contribution in [3.63, 3.8) is 0 Å². The largest absolute Gasteiger partial charge is 0.431 e. The molecule has 2 aromatic rings. The number of aromatic nitrogens is 1. The Kier molecular flexibility index (Phi) is 1.45. The molecule has 2 nitrogen and oxygen atoms in total. The van der Waals surface area contributed by atoms with Gasteiger partial charge in [-0.2, -0.15) is 0 Å².